The number of aliphatic hydroxyl groups is 1. The van der Waals surface area contributed by atoms with Gasteiger partial charge < -0.3 is 15.2 Å². The van der Waals surface area contributed by atoms with E-state index in [0.29, 0.717) is 6.42 Å². The highest BCUT2D eigenvalue weighted by Gasteiger charge is 2.18. The second-order valence-electron chi connectivity index (χ2n) is 5.96. The maximum Gasteiger partial charge on any atom is 0.408 e. The molecule has 0 aromatic heterocycles. The first-order valence-electron chi connectivity index (χ1n) is 7.00. The van der Waals surface area contributed by atoms with Gasteiger partial charge in [-0.1, -0.05) is 31.2 Å². The lowest BCUT2D eigenvalue weighted by molar-refractivity contribution is 0.0508. The molecule has 1 unspecified atom stereocenters. The lowest BCUT2D eigenvalue weighted by Crippen LogP contribution is -2.34. The average molecular weight is 279 g/mol. The van der Waals surface area contributed by atoms with Crippen LogP contribution >= 0.6 is 0 Å². The van der Waals surface area contributed by atoms with E-state index in [2.05, 4.69) is 5.32 Å². The van der Waals surface area contributed by atoms with Crippen LogP contribution in [0.5, 0.6) is 0 Å². The van der Waals surface area contributed by atoms with Crippen molar-refractivity contribution in [3.05, 3.63) is 35.4 Å². The molecule has 1 amide bonds. The Morgan fingerprint density at radius 3 is 2.20 bits per heavy atom. The third-order valence-electron chi connectivity index (χ3n) is 2.94. The Labute approximate surface area is 121 Å². The quantitative estimate of drug-likeness (QED) is 0.883. The second-order valence-corrected chi connectivity index (χ2v) is 5.96. The third-order valence-corrected chi connectivity index (χ3v) is 2.94. The molecule has 2 atom stereocenters. The van der Waals surface area contributed by atoms with Gasteiger partial charge in [-0.3, -0.25) is 0 Å². The monoisotopic (exact) mass is 279 g/mol. The van der Waals surface area contributed by atoms with Crippen molar-refractivity contribution in [2.75, 3.05) is 0 Å². The van der Waals surface area contributed by atoms with Gasteiger partial charge in [-0.15, -0.1) is 0 Å². The van der Waals surface area contributed by atoms with Crippen molar-refractivity contribution >= 4 is 6.09 Å². The highest BCUT2D eigenvalue weighted by molar-refractivity contribution is 5.68. The summed E-state index contributed by atoms with van der Waals surface area (Å²) in [6.07, 6.45) is -0.175. The number of rotatable bonds is 4. The molecule has 4 nitrogen and oxygen atoms in total. The van der Waals surface area contributed by atoms with Crippen LogP contribution in [0.1, 0.15) is 64.3 Å². The van der Waals surface area contributed by atoms with E-state index in [-0.39, 0.29) is 6.04 Å². The van der Waals surface area contributed by atoms with Gasteiger partial charge >= 0.3 is 6.09 Å². The molecule has 0 radical (unpaired) electrons. The smallest absolute Gasteiger partial charge is 0.408 e. The Hall–Kier alpha value is -1.55. The number of ether oxygens (including phenoxy) is 1. The van der Waals surface area contributed by atoms with Crippen molar-refractivity contribution < 1.29 is 14.6 Å². The number of alkyl carbamates (subject to hydrolysis) is 1. The summed E-state index contributed by atoms with van der Waals surface area (Å²) in [7, 11) is 0. The fourth-order valence-electron chi connectivity index (χ4n) is 1.81. The summed E-state index contributed by atoms with van der Waals surface area (Å²) in [6, 6.07) is 7.46. The molecule has 4 heteroatoms. The third kappa shape index (κ3) is 5.21. The average Bonchev–Trinajstić information content (AvgIpc) is 2.35. The van der Waals surface area contributed by atoms with Crippen LogP contribution in [0.2, 0.25) is 0 Å². The molecule has 112 valence electrons. The highest BCUT2D eigenvalue weighted by atomic mass is 16.6. The van der Waals surface area contributed by atoms with E-state index in [9.17, 15) is 9.90 Å². The first-order chi connectivity index (χ1) is 9.23. The molecule has 1 aromatic carbocycles. The standard InChI is InChI=1S/C16H25NO3/c1-6-14(18)13-9-7-12(8-10-13)11(2)17-15(19)20-16(3,4)5/h7-11,14,18H,6H2,1-5H3,(H,17,19)/t11-,14?/m0/s1. The number of benzene rings is 1. The van der Waals surface area contributed by atoms with Gasteiger partial charge in [0.1, 0.15) is 5.60 Å². The van der Waals surface area contributed by atoms with Crippen LogP contribution in [0.25, 0.3) is 0 Å². The molecule has 1 aromatic rings. The molecule has 0 saturated heterocycles. The zero-order chi connectivity index (χ0) is 15.3. The minimum absolute atomic E-state index is 0.141. The van der Waals surface area contributed by atoms with Gasteiger partial charge in [-0.2, -0.15) is 0 Å². The van der Waals surface area contributed by atoms with Crippen molar-refractivity contribution in [3.8, 4) is 0 Å². The highest BCUT2D eigenvalue weighted by Crippen LogP contribution is 2.20. The van der Waals surface area contributed by atoms with E-state index in [1.807, 2.05) is 58.9 Å². The van der Waals surface area contributed by atoms with Crippen LogP contribution in [0.4, 0.5) is 4.79 Å². The number of aliphatic hydroxyl groups excluding tert-OH is 1. The van der Waals surface area contributed by atoms with E-state index in [4.69, 9.17) is 4.74 Å². The number of amides is 1. The molecular formula is C16H25NO3. The van der Waals surface area contributed by atoms with Gasteiger partial charge in [0, 0.05) is 0 Å². The summed E-state index contributed by atoms with van der Waals surface area (Å²) in [6.45, 7) is 9.33. The minimum Gasteiger partial charge on any atom is -0.444 e. The predicted octanol–water partition coefficient (Wildman–Crippen LogP) is 3.72. The minimum atomic E-state index is -0.501. The molecule has 0 heterocycles. The lowest BCUT2D eigenvalue weighted by Gasteiger charge is -2.22. The van der Waals surface area contributed by atoms with E-state index in [0.717, 1.165) is 11.1 Å². The van der Waals surface area contributed by atoms with Gasteiger partial charge in [0.25, 0.3) is 0 Å². The molecule has 0 saturated carbocycles. The van der Waals surface area contributed by atoms with Crippen LogP contribution in [0, 0.1) is 0 Å². The first kappa shape index (κ1) is 16.5. The molecule has 0 spiro atoms. The number of hydrogen-bond donors (Lipinski definition) is 2. The van der Waals surface area contributed by atoms with Crippen LogP contribution < -0.4 is 5.32 Å². The normalized spacial score (nSPS) is 14.5. The lowest BCUT2D eigenvalue weighted by atomic mass is 10.0. The molecule has 20 heavy (non-hydrogen) atoms. The van der Waals surface area contributed by atoms with Gasteiger partial charge in [0.15, 0.2) is 0 Å². The zero-order valence-corrected chi connectivity index (χ0v) is 12.9. The summed E-state index contributed by atoms with van der Waals surface area (Å²) in [4.78, 5) is 11.7. The predicted molar refractivity (Wildman–Crippen MR) is 79.5 cm³/mol. The maximum atomic E-state index is 11.7. The molecular weight excluding hydrogens is 254 g/mol. The Morgan fingerprint density at radius 2 is 1.75 bits per heavy atom. The first-order valence-corrected chi connectivity index (χ1v) is 7.00. The van der Waals surface area contributed by atoms with Crippen LogP contribution in [-0.2, 0) is 4.74 Å². The number of carbonyl (C=O) groups is 1. The molecule has 0 aliphatic rings. The van der Waals surface area contributed by atoms with Gasteiger partial charge in [-0.05, 0) is 45.2 Å². The van der Waals surface area contributed by atoms with E-state index >= 15 is 0 Å². The molecule has 2 N–H and O–H groups in total. The summed E-state index contributed by atoms with van der Waals surface area (Å²) < 4.78 is 5.22. The zero-order valence-electron chi connectivity index (χ0n) is 12.9. The largest absolute Gasteiger partial charge is 0.444 e. The van der Waals surface area contributed by atoms with Crippen molar-refractivity contribution in [2.45, 2.75) is 58.8 Å². The number of nitrogens with one attached hydrogen (secondary N) is 1. The SMILES string of the molecule is CCC(O)c1ccc([C@H](C)NC(=O)OC(C)(C)C)cc1. The number of hydrogen-bond acceptors (Lipinski definition) is 3. The Kier molecular flexibility index (Phi) is 5.57. The topological polar surface area (TPSA) is 58.6 Å². The van der Waals surface area contributed by atoms with E-state index in [1.165, 1.54) is 0 Å². The fraction of sp³-hybridized carbons (Fsp3) is 0.562. The van der Waals surface area contributed by atoms with E-state index in [1.54, 1.807) is 0 Å². The Morgan fingerprint density at radius 1 is 1.25 bits per heavy atom. The molecule has 0 aliphatic heterocycles. The fourth-order valence-corrected chi connectivity index (χ4v) is 1.81. The van der Waals surface area contributed by atoms with Crippen molar-refractivity contribution in [1.29, 1.82) is 0 Å². The molecule has 0 fully saturated rings. The van der Waals surface area contributed by atoms with E-state index < -0.39 is 17.8 Å². The molecule has 1 rings (SSSR count). The van der Waals surface area contributed by atoms with Gasteiger partial charge in [-0.25, -0.2) is 4.79 Å². The van der Waals surface area contributed by atoms with Crippen LogP contribution in [-0.4, -0.2) is 16.8 Å². The van der Waals surface area contributed by atoms with Crippen molar-refractivity contribution in [3.63, 3.8) is 0 Å². The summed E-state index contributed by atoms with van der Waals surface area (Å²) in [5.74, 6) is 0. The molecule has 0 bridgehead atoms. The van der Waals surface area contributed by atoms with Crippen molar-refractivity contribution in [2.24, 2.45) is 0 Å². The second kappa shape index (κ2) is 6.75. The van der Waals surface area contributed by atoms with Gasteiger partial charge in [0.05, 0.1) is 12.1 Å². The molecule has 0 aliphatic carbocycles. The van der Waals surface area contributed by atoms with Crippen LogP contribution in [0.3, 0.4) is 0 Å². The van der Waals surface area contributed by atoms with Crippen molar-refractivity contribution in [1.82, 2.24) is 5.32 Å². The number of carbonyl (C=O) groups excluding carboxylic acids is 1. The maximum absolute atomic E-state index is 11.7. The summed E-state index contributed by atoms with van der Waals surface area (Å²) >= 11 is 0. The van der Waals surface area contributed by atoms with Gasteiger partial charge in [0.2, 0.25) is 0 Å². The Bertz CT molecular complexity index is 434. The van der Waals surface area contributed by atoms with Crippen LogP contribution in [0.15, 0.2) is 24.3 Å². The Balaban J connectivity index is 2.64. The summed E-state index contributed by atoms with van der Waals surface area (Å²) in [5, 5.41) is 12.5. The summed E-state index contributed by atoms with van der Waals surface area (Å²) in [5.41, 5.74) is 1.36.